The lowest BCUT2D eigenvalue weighted by Crippen LogP contribution is -2.34. The molecule has 2 aromatic rings. The Balaban J connectivity index is 1.93. The lowest BCUT2D eigenvalue weighted by molar-refractivity contribution is 0.237. The number of hydrogen-bond acceptors (Lipinski definition) is 1. The largest absolute Gasteiger partial charge is 0.376 e. The van der Waals surface area contributed by atoms with E-state index in [4.69, 9.17) is 0 Å². The van der Waals surface area contributed by atoms with Gasteiger partial charge in [-0.25, -0.2) is 0 Å². The second kappa shape index (κ2) is 6.36. The highest BCUT2D eigenvalue weighted by molar-refractivity contribution is 5.46. The number of benzene rings is 2. The molecule has 130 valence electrons. The predicted octanol–water partition coefficient (Wildman–Crippen LogP) is 5.43. The van der Waals surface area contributed by atoms with Gasteiger partial charge in [0.1, 0.15) is 6.10 Å². The molecule has 0 aromatic heterocycles. The van der Waals surface area contributed by atoms with Crippen LogP contribution in [0.25, 0.3) is 0 Å². The second-order valence-electron chi connectivity index (χ2n) is 8.61. The first-order valence-electron chi connectivity index (χ1n) is 9.10. The van der Waals surface area contributed by atoms with E-state index in [-0.39, 0.29) is 10.8 Å². The van der Waals surface area contributed by atoms with Crippen LogP contribution in [-0.4, -0.2) is 5.11 Å². The molecule has 1 atom stereocenters. The van der Waals surface area contributed by atoms with Crippen molar-refractivity contribution in [2.75, 3.05) is 0 Å². The Hall–Kier alpha value is -2.04. The summed E-state index contributed by atoms with van der Waals surface area (Å²) in [6.07, 6.45) is 1.61. The predicted molar refractivity (Wildman–Crippen MR) is 105 cm³/mol. The summed E-state index contributed by atoms with van der Waals surface area (Å²) in [5.41, 5.74) is 6.15. The van der Waals surface area contributed by atoms with Crippen LogP contribution >= 0.6 is 0 Å². The molecule has 0 bridgehead atoms. The molecule has 1 aliphatic carbocycles. The minimum atomic E-state index is -0.757. The van der Waals surface area contributed by atoms with E-state index in [1.807, 2.05) is 30.3 Å². The summed E-state index contributed by atoms with van der Waals surface area (Å²) in [6.45, 7) is 11.3. The Bertz CT molecular complexity index is 829. The number of rotatable bonds is 1. The van der Waals surface area contributed by atoms with E-state index >= 15 is 0 Å². The fraction of sp³-hybridized carbons (Fsp3) is 0.417. The van der Waals surface area contributed by atoms with Crippen LogP contribution in [0.3, 0.4) is 0 Å². The molecule has 2 aromatic carbocycles. The van der Waals surface area contributed by atoms with Gasteiger partial charge in [-0.2, -0.15) is 0 Å². The van der Waals surface area contributed by atoms with E-state index in [0.29, 0.717) is 0 Å². The first-order valence-corrected chi connectivity index (χ1v) is 9.10. The first kappa shape index (κ1) is 17.8. The topological polar surface area (TPSA) is 20.2 Å². The van der Waals surface area contributed by atoms with Gasteiger partial charge in [-0.1, -0.05) is 75.4 Å². The van der Waals surface area contributed by atoms with Crippen molar-refractivity contribution in [2.24, 2.45) is 0 Å². The van der Waals surface area contributed by atoms with Gasteiger partial charge in [0.05, 0.1) is 0 Å². The SMILES string of the molecule is Cc1ccc(C#CC(O)c2ccc3c(c2)C(C)(C)CCC3(C)C)cc1. The molecule has 0 spiro atoms. The van der Waals surface area contributed by atoms with Crippen molar-refractivity contribution in [1.29, 1.82) is 0 Å². The number of hydrogen-bond donors (Lipinski definition) is 1. The van der Waals surface area contributed by atoms with Crippen LogP contribution in [0.15, 0.2) is 42.5 Å². The van der Waals surface area contributed by atoms with Gasteiger partial charge in [-0.15, -0.1) is 0 Å². The molecule has 0 fully saturated rings. The van der Waals surface area contributed by atoms with Gasteiger partial charge in [0, 0.05) is 5.56 Å². The molecule has 1 nitrogen and oxygen atoms in total. The summed E-state index contributed by atoms with van der Waals surface area (Å²) < 4.78 is 0. The van der Waals surface area contributed by atoms with Crippen molar-refractivity contribution in [2.45, 2.75) is 64.4 Å². The van der Waals surface area contributed by atoms with Crippen LogP contribution in [0, 0.1) is 18.8 Å². The zero-order valence-electron chi connectivity index (χ0n) is 16.0. The number of aryl methyl sites for hydroxylation is 1. The molecule has 0 saturated carbocycles. The Morgan fingerprint density at radius 1 is 0.880 bits per heavy atom. The van der Waals surface area contributed by atoms with Crippen LogP contribution in [-0.2, 0) is 10.8 Å². The highest BCUT2D eigenvalue weighted by atomic mass is 16.3. The average molecular weight is 332 g/mol. The molecule has 0 heterocycles. The van der Waals surface area contributed by atoms with Crippen molar-refractivity contribution in [3.63, 3.8) is 0 Å². The molecule has 1 unspecified atom stereocenters. The molecule has 1 heteroatoms. The molecule has 1 aliphatic rings. The Morgan fingerprint density at radius 3 is 2.12 bits per heavy atom. The smallest absolute Gasteiger partial charge is 0.140 e. The van der Waals surface area contributed by atoms with Crippen LogP contribution < -0.4 is 0 Å². The minimum Gasteiger partial charge on any atom is -0.376 e. The second-order valence-corrected chi connectivity index (χ2v) is 8.61. The molecular weight excluding hydrogens is 304 g/mol. The summed E-state index contributed by atoms with van der Waals surface area (Å²) in [7, 11) is 0. The van der Waals surface area contributed by atoms with Crippen molar-refractivity contribution in [1.82, 2.24) is 0 Å². The van der Waals surface area contributed by atoms with Gasteiger partial charge < -0.3 is 5.11 Å². The summed E-state index contributed by atoms with van der Waals surface area (Å²) in [4.78, 5) is 0. The first-order chi connectivity index (χ1) is 11.7. The highest BCUT2D eigenvalue weighted by Gasteiger charge is 2.37. The van der Waals surface area contributed by atoms with Gasteiger partial charge in [-0.3, -0.25) is 0 Å². The monoisotopic (exact) mass is 332 g/mol. The maximum absolute atomic E-state index is 10.6. The van der Waals surface area contributed by atoms with Crippen LogP contribution in [0.2, 0.25) is 0 Å². The third kappa shape index (κ3) is 3.65. The summed E-state index contributed by atoms with van der Waals surface area (Å²) in [5.74, 6) is 6.08. The van der Waals surface area contributed by atoms with Gasteiger partial charge in [0.2, 0.25) is 0 Å². The van der Waals surface area contributed by atoms with Crippen molar-refractivity contribution >= 4 is 0 Å². The van der Waals surface area contributed by atoms with Crippen molar-refractivity contribution in [3.8, 4) is 11.8 Å². The fourth-order valence-electron chi connectivity index (χ4n) is 3.65. The summed E-state index contributed by atoms with van der Waals surface area (Å²) in [6, 6.07) is 14.5. The fourth-order valence-corrected chi connectivity index (χ4v) is 3.65. The summed E-state index contributed by atoms with van der Waals surface area (Å²) in [5, 5.41) is 10.6. The highest BCUT2D eigenvalue weighted by Crippen LogP contribution is 2.46. The number of aliphatic hydroxyl groups is 1. The van der Waals surface area contributed by atoms with E-state index < -0.39 is 6.10 Å². The normalized spacial score (nSPS) is 18.6. The molecule has 25 heavy (non-hydrogen) atoms. The maximum atomic E-state index is 10.6. The van der Waals surface area contributed by atoms with Gasteiger partial charge in [0.15, 0.2) is 0 Å². The third-order valence-electron chi connectivity index (χ3n) is 5.60. The molecule has 0 saturated heterocycles. The van der Waals surface area contributed by atoms with Gasteiger partial charge in [0.25, 0.3) is 0 Å². The van der Waals surface area contributed by atoms with E-state index in [2.05, 4.69) is 58.6 Å². The Kier molecular flexibility index (Phi) is 4.52. The lowest BCUT2D eigenvalue weighted by Gasteiger charge is -2.42. The van der Waals surface area contributed by atoms with Crippen LogP contribution in [0.1, 0.15) is 74.5 Å². The maximum Gasteiger partial charge on any atom is 0.140 e. The van der Waals surface area contributed by atoms with Crippen LogP contribution in [0.4, 0.5) is 0 Å². The van der Waals surface area contributed by atoms with E-state index in [9.17, 15) is 5.11 Å². The Labute approximate surface area is 152 Å². The van der Waals surface area contributed by atoms with Gasteiger partial charge in [-0.05, 0) is 59.4 Å². The molecule has 1 N–H and O–H groups in total. The zero-order chi connectivity index (χ0) is 18.2. The average Bonchev–Trinajstić information content (AvgIpc) is 2.58. The number of fused-ring (bicyclic) bond motifs is 1. The van der Waals surface area contributed by atoms with Crippen molar-refractivity contribution in [3.05, 3.63) is 70.3 Å². The lowest BCUT2D eigenvalue weighted by atomic mass is 9.63. The quantitative estimate of drug-likeness (QED) is 0.690. The molecule has 0 radical (unpaired) electrons. The van der Waals surface area contributed by atoms with E-state index in [1.165, 1.54) is 29.5 Å². The molecule has 3 rings (SSSR count). The number of aliphatic hydroxyl groups excluding tert-OH is 1. The van der Waals surface area contributed by atoms with Crippen LogP contribution in [0.5, 0.6) is 0 Å². The zero-order valence-corrected chi connectivity index (χ0v) is 16.0. The van der Waals surface area contributed by atoms with Gasteiger partial charge >= 0.3 is 0 Å². The standard InChI is InChI=1S/C24H28O/c1-17-6-8-18(9-7-17)10-13-22(25)19-11-12-20-21(16-19)24(4,5)15-14-23(20,2)3/h6-9,11-12,16,22,25H,14-15H2,1-5H3. The molecule has 0 amide bonds. The summed E-state index contributed by atoms with van der Waals surface area (Å²) >= 11 is 0. The van der Waals surface area contributed by atoms with E-state index in [1.54, 1.807) is 0 Å². The minimum absolute atomic E-state index is 0.144. The van der Waals surface area contributed by atoms with E-state index in [0.717, 1.165) is 11.1 Å². The molecular formula is C24H28O. The molecule has 0 aliphatic heterocycles. The third-order valence-corrected chi connectivity index (χ3v) is 5.60. The van der Waals surface area contributed by atoms with Crippen molar-refractivity contribution < 1.29 is 5.11 Å². The Morgan fingerprint density at radius 2 is 1.48 bits per heavy atom.